The smallest absolute Gasteiger partial charge is 0.475 e. The van der Waals surface area contributed by atoms with Crippen molar-refractivity contribution in [3.63, 3.8) is 0 Å². The van der Waals surface area contributed by atoms with Crippen LogP contribution in [0.4, 0.5) is 13.2 Å². The molecule has 0 spiro atoms. The molecule has 0 unspecified atom stereocenters. The second kappa shape index (κ2) is 9.18. The third-order valence-electron chi connectivity index (χ3n) is 4.30. The third kappa shape index (κ3) is 6.21. The van der Waals surface area contributed by atoms with Crippen molar-refractivity contribution in [2.24, 2.45) is 11.7 Å². The number of aliphatic carboxylic acids is 1. The van der Waals surface area contributed by atoms with Crippen molar-refractivity contribution < 1.29 is 27.5 Å². The maximum Gasteiger partial charge on any atom is 0.490 e. The van der Waals surface area contributed by atoms with Crippen LogP contribution >= 0.6 is 11.6 Å². The topological polar surface area (TPSA) is 102 Å². The van der Waals surface area contributed by atoms with E-state index < -0.39 is 12.1 Å². The summed E-state index contributed by atoms with van der Waals surface area (Å²) in [6.45, 7) is 0.784. The first-order chi connectivity index (χ1) is 12.7. The minimum Gasteiger partial charge on any atom is -0.475 e. The summed E-state index contributed by atoms with van der Waals surface area (Å²) in [6, 6.07) is 7.44. The van der Waals surface area contributed by atoms with Gasteiger partial charge in [0.1, 0.15) is 0 Å². The van der Waals surface area contributed by atoms with Crippen LogP contribution in [0.2, 0.25) is 5.02 Å². The highest BCUT2D eigenvalue weighted by molar-refractivity contribution is 6.30. The van der Waals surface area contributed by atoms with E-state index in [0.29, 0.717) is 22.7 Å². The Morgan fingerprint density at radius 3 is 2.22 bits per heavy atom. The Labute approximate surface area is 158 Å². The third-order valence-corrected chi connectivity index (χ3v) is 4.56. The molecule has 6 nitrogen and oxygen atoms in total. The van der Waals surface area contributed by atoms with Gasteiger partial charge in [-0.05, 0) is 62.4 Å². The number of benzene rings is 1. The molecule has 0 radical (unpaired) electrons. The van der Waals surface area contributed by atoms with Crippen molar-refractivity contribution in [3.05, 3.63) is 35.2 Å². The second-order valence-corrected chi connectivity index (χ2v) is 6.65. The number of nitrogens with two attached hydrogens (primary N) is 1. The minimum absolute atomic E-state index is 0.381. The van der Waals surface area contributed by atoms with Gasteiger partial charge in [-0.3, -0.25) is 0 Å². The van der Waals surface area contributed by atoms with Gasteiger partial charge in [0.15, 0.2) is 0 Å². The number of carboxylic acids is 1. The van der Waals surface area contributed by atoms with Crippen LogP contribution in [0.5, 0.6) is 0 Å². The van der Waals surface area contributed by atoms with E-state index in [9.17, 15) is 13.2 Å². The van der Waals surface area contributed by atoms with Gasteiger partial charge < -0.3 is 15.3 Å². The van der Waals surface area contributed by atoms with Crippen molar-refractivity contribution in [2.75, 3.05) is 6.54 Å². The zero-order chi connectivity index (χ0) is 20.0. The molecule has 1 aromatic carbocycles. The molecule has 1 aliphatic rings. The Morgan fingerprint density at radius 2 is 1.74 bits per heavy atom. The summed E-state index contributed by atoms with van der Waals surface area (Å²) in [4.78, 5) is 8.90. The normalized spacial score (nSPS) is 19.9. The molecule has 148 valence electrons. The maximum absolute atomic E-state index is 10.6. The summed E-state index contributed by atoms with van der Waals surface area (Å²) in [7, 11) is 0. The Bertz CT molecular complexity index is 742. The van der Waals surface area contributed by atoms with Crippen molar-refractivity contribution >= 4 is 17.6 Å². The van der Waals surface area contributed by atoms with Gasteiger partial charge in [-0.2, -0.15) is 13.2 Å². The molecule has 1 aromatic heterocycles. The summed E-state index contributed by atoms with van der Waals surface area (Å²) < 4.78 is 37.6. The van der Waals surface area contributed by atoms with E-state index >= 15 is 0 Å². The lowest BCUT2D eigenvalue weighted by atomic mass is 9.82. The van der Waals surface area contributed by atoms with Crippen LogP contribution in [0.3, 0.4) is 0 Å². The number of hydrogen-bond acceptors (Lipinski definition) is 5. The van der Waals surface area contributed by atoms with Gasteiger partial charge in [-0.15, -0.1) is 10.2 Å². The van der Waals surface area contributed by atoms with Crippen LogP contribution < -0.4 is 5.73 Å². The fourth-order valence-electron chi connectivity index (χ4n) is 2.75. The molecule has 1 saturated carbocycles. The molecule has 0 bridgehead atoms. The van der Waals surface area contributed by atoms with Gasteiger partial charge in [-0.1, -0.05) is 11.6 Å². The first kappa shape index (κ1) is 21.2. The van der Waals surface area contributed by atoms with Crippen molar-refractivity contribution in [2.45, 2.75) is 37.8 Å². The largest absolute Gasteiger partial charge is 0.490 e. The lowest BCUT2D eigenvalue weighted by molar-refractivity contribution is -0.192. The number of alkyl halides is 3. The SMILES string of the molecule is NCC1CCC(c2nnc(-c3ccc(Cl)cc3)o2)CC1.O=C(O)C(F)(F)F. The van der Waals surface area contributed by atoms with E-state index in [-0.39, 0.29) is 0 Å². The van der Waals surface area contributed by atoms with E-state index in [1.165, 1.54) is 0 Å². The second-order valence-electron chi connectivity index (χ2n) is 6.21. The predicted octanol–water partition coefficient (Wildman–Crippen LogP) is 4.26. The Balaban J connectivity index is 0.000000321. The Kier molecular flexibility index (Phi) is 7.20. The maximum atomic E-state index is 10.6. The molecule has 1 heterocycles. The quantitative estimate of drug-likeness (QED) is 0.791. The summed E-state index contributed by atoms with van der Waals surface area (Å²) in [5.41, 5.74) is 6.62. The molecule has 3 N–H and O–H groups in total. The molecule has 1 fully saturated rings. The summed E-state index contributed by atoms with van der Waals surface area (Å²) in [6.07, 6.45) is -0.603. The Morgan fingerprint density at radius 1 is 1.19 bits per heavy atom. The Hall–Kier alpha value is -2.13. The highest BCUT2D eigenvalue weighted by Crippen LogP contribution is 2.35. The lowest BCUT2D eigenvalue weighted by Gasteiger charge is -2.25. The molecule has 10 heteroatoms. The van der Waals surface area contributed by atoms with Gasteiger partial charge in [0.05, 0.1) is 0 Å². The van der Waals surface area contributed by atoms with Gasteiger partial charge in [0, 0.05) is 16.5 Å². The molecule has 0 amide bonds. The van der Waals surface area contributed by atoms with Gasteiger partial charge in [0.25, 0.3) is 0 Å². The van der Waals surface area contributed by atoms with E-state index in [1.54, 1.807) is 0 Å². The first-order valence-electron chi connectivity index (χ1n) is 8.30. The van der Waals surface area contributed by atoms with E-state index in [1.807, 2.05) is 24.3 Å². The molecule has 0 aliphatic heterocycles. The van der Waals surface area contributed by atoms with E-state index in [4.69, 9.17) is 31.7 Å². The van der Waals surface area contributed by atoms with E-state index in [2.05, 4.69) is 10.2 Å². The van der Waals surface area contributed by atoms with Crippen LogP contribution in [0.25, 0.3) is 11.5 Å². The summed E-state index contributed by atoms with van der Waals surface area (Å²) >= 11 is 5.88. The fraction of sp³-hybridized carbons (Fsp3) is 0.471. The number of aromatic nitrogens is 2. The molecule has 1 aliphatic carbocycles. The lowest BCUT2D eigenvalue weighted by Crippen LogP contribution is -2.21. The number of hydrogen-bond donors (Lipinski definition) is 2. The highest BCUT2D eigenvalue weighted by Gasteiger charge is 2.38. The van der Waals surface area contributed by atoms with Crippen molar-refractivity contribution in [1.29, 1.82) is 0 Å². The standard InChI is InChI=1S/C15H18ClN3O.C2HF3O2/c16-13-7-5-12(6-8-13)15-19-18-14(20-15)11-3-1-10(9-17)2-4-11;3-2(4,5)1(6)7/h5-8,10-11H,1-4,9,17H2;(H,6,7). The summed E-state index contributed by atoms with van der Waals surface area (Å²) in [5, 5.41) is 16.2. The van der Waals surface area contributed by atoms with Gasteiger partial charge in [-0.25, -0.2) is 4.79 Å². The van der Waals surface area contributed by atoms with E-state index in [0.717, 1.165) is 43.7 Å². The monoisotopic (exact) mass is 405 g/mol. The van der Waals surface area contributed by atoms with Crippen LogP contribution in [-0.2, 0) is 4.79 Å². The first-order valence-corrected chi connectivity index (χ1v) is 8.68. The number of halogens is 4. The summed E-state index contributed by atoms with van der Waals surface area (Å²) in [5.74, 6) is -0.396. The average molecular weight is 406 g/mol. The molecular weight excluding hydrogens is 387 g/mol. The zero-order valence-electron chi connectivity index (χ0n) is 14.2. The molecule has 0 saturated heterocycles. The fourth-order valence-corrected chi connectivity index (χ4v) is 2.88. The number of carbonyl (C=O) groups is 1. The predicted molar refractivity (Wildman–Crippen MR) is 92.2 cm³/mol. The van der Waals surface area contributed by atoms with Crippen LogP contribution in [-0.4, -0.2) is 34.0 Å². The number of carboxylic acid groups (broad SMARTS) is 1. The van der Waals surface area contributed by atoms with Gasteiger partial charge in [0.2, 0.25) is 11.8 Å². The highest BCUT2D eigenvalue weighted by atomic mass is 35.5. The minimum atomic E-state index is -5.08. The van der Waals surface area contributed by atoms with Crippen LogP contribution in [0.15, 0.2) is 28.7 Å². The van der Waals surface area contributed by atoms with Crippen LogP contribution in [0, 0.1) is 5.92 Å². The molecule has 27 heavy (non-hydrogen) atoms. The van der Waals surface area contributed by atoms with Crippen molar-refractivity contribution in [3.8, 4) is 11.5 Å². The van der Waals surface area contributed by atoms with Crippen LogP contribution in [0.1, 0.15) is 37.5 Å². The zero-order valence-corrected chi connectivity index (χ0v) is 15.0. The average Bonchev–Trinajstić information content (AvgIpc) is 3.12. The van der Waals surface area contributed by atoms with Crippen molar-refractivity contribution in [1.82, 2.24) is 10.2 Å². The molecule has 0 atom stereocenters. The molecule has 2 aromatic rings. The number of nitrogens with zero attached hydrogens (tertiary/aromatic N) is 2. The molecular formula is C17H19ClF3N3O3. The van der Waals surface area contributed by atoms with Gasteiger partial charge >= 0.3 is 12.1 Å². The number of rotatable bonds is 3. The molecule has 3 rings (SSSR count).